The molecule has 3 heteroatoms. The number of fused-ring (bicyclic) bond motifs is 9. The van der Waals surface area contributed by atoms with E-state index in [-0.39, 0.29) is 0 Å². The number of hydrogen-bond acceptors (Lipinski definition) is 1. The molecule has 238 valence electrons. The lowest BCUT2D eigenvalue weighted by molar-refractivity contribution is 0.670. The Hall–Kier alpha value is -6.84. The molecule has 0 radical (unpaired) electrons. The van der Waals surface area contributed by atoms with Gasteiger partial charge in [-0.1, -0.05) is 127 Å². The minimum absolute atomic E-state index is 0.912. The van der Waals surface area contributed by atoms with Crippen LogP contribution >= 0.6 is 0 Å². The first kappa shape index (κ1) is 28.0. The highest BCUT2D eigenvalue weighted by molar-refractivity contribution is 6.19. The maximum Gasteiger partial charge on any atom is 0.143 e. The van der Waals surface area contributed by atoms with Gasteiger partial charge >= 0.3 is 0 Å². The summed E-state index contributed by atoms with van der Waals surface area (Å²) in [6, 6.07) is 65.5. The van der Waals surface area contributed by atoms with Crippen LogP contribution in [0.5, 0.6) is 0 Å². The Kier molecular flexibility index (Phi) is 5.96. The zero-order valence-corrected chi connectivity index (χ0v) is 27.6. The van der Waals surface area contributed by atoms with Gasteiger partial charge in [-0.25, -0.2) is 0 Å². The van der Waals surface area contributed by atoms with E-state index in [0.29, 0.717) is 0 Å². The van der Waals surface area contributed by atoms with Crippen molar-refractivity contribution < 1.29 is 4.42 Å². The molecule has 0 N–H and O–H groups in total. The number of rotatable bonds is 4. The molecule has 0 amide bonds. The maximum absolute atomic E-state index is 6.42. The molecule has 51 heavy (non-hydrogen) atoms. The molecule has 0 bridgehead atoms. The van der Waals surface area contributed by atoms with E-state index >= 15 is 0 Å². The van der Waals surface area contributed by atoms with Crippen molar-refractivity contribution in [3.05, 3.63) is 182 Å². The lowest BCUT2D eigenvalue weighted by Crippen LogP contribution is -1.96. The van der Waals surface area contributed by atoms with E-state index < -0.39 is 0 Å². The Labute approximate surface area is 293 Å². The highest BCUT2D eigenvalue weighted by Gasteiger charge is 2.19. The Bertz CT molecular complexity index is 3110. The second-order valence-electron chi connectivity index (χ2n) is 13.3. The van der Waals surface area contributed by atoms with Gasteiger partial charge in [0.1, 0.15) is 11.2 Å². The highest BCUT2D eigenvalue weighted by atomic mass is 16.3. The topological polar surface area (TPSA) is 23.0 Å². The van der Waals surface area contributed by atoms with Crippen molar-refractivity contribution in [2.24, 2.45) is 0 Å². The van der Waals surface area contributed by atoms with E-state index in [1.54, 1.807) is 0 Å². The minimum atomic E-state index is 0.912. The van der Waals surface area contributed by atoms with Crippen molar-refractivity contribution in [2.45, 2.75) is 0 Å². The summed E-state index contributed by atoms with van der Waals surface area (Å²) in [4.78, 5) is 0. The Balaban J connectivity index is 1.18. The third-order valence-electron chi connectivity index (χ3n) is 10.5. The van der Waals surface area contributed by atoms with Crippen LogP contribution in [0.2, 0.25) is 0 Å². The van der Waals surface area contributed by atoms with E-state index in [1.165, 1.54) is 54.7 Å². The molecule has 0 saturated heterocycles. The quantitative estimate of drug-likeness (QED) is 0.186. The van der Waals surface area contributed by atoms with Crippen LogP contribution in [0, 0.1) is 0 Å². The van der Waals surface area contributed by atoms with Gasteiger partial charge in [0, 0.05) is 49.3 Å². The third-order valence-corrected chi connectivity index (χ3v) is 10.5. The molecule has 3 nitrogen and oxygen atoms in total. The number of para-hydroxylation sites is 4. The molecule has 0 aliphatic rings. The molecule has 11 rings (SSSR count). The van der Waals surface area contributed by atoms with Crippen molar-refractivity contribution in [1.29, 1.82) is 0 Å². The highest BCUT2D eigenvalue weighted by Crippen LogP contribution is 2.41. The van der Waals surface area contributed by atoms with Crippen molar-refractivity contribution in [2.75, 3.05) is 0 Å². The Morgan fingerprint density at radius 2 is 0.902 bits per heavy atom. The molecule has 3 aromatic heterocycles. The monoisotopic (exact) mass is 650 g/mol. The molecule has 0 atom stereocenters. The van der Waals surface area contributed by atoms with Crippen LogP contribution in [0.4, 0.5) is 0 Å². The molecule has 11 aromatic rings. The van der Waals surface area contributed by atoms with E-state index in [2.05, 4.69) is 179 Å². The van der Waals surface area contributed by atoms with Gasteiger partial charge < -0.3 is 13.6 Å². The van der Waals surface area contributed by atoms with Crippen LogP contribution in [0.15, 0.2) is 186 Å². The van der Waals surface area contributed by atoms with Gasteiger partial charge in [-0.3, -0.25) is 0 Å². The molecular formula is C48H30N2O. The number of aromatic nitrogens is 2. The van der Waals surface area contributed by atoms with Crippen molar-refractivity contribution in [1.82, 2.24) is 9.13 Å². The summed E-state index contributed by atoms with van der Waals surface area (Å²) in [5.74, 6) is 0. The van der Waals surface area contributed by atoms with Crippen LogP contribution in [0.1, 0.15) is 0 Å². The maximum atomic E-state index is 6.42. The standard InChI is InChI=1S/C48H30N2O/c1-3-12-31(13-4-1)33-24-27-38-42-29-41-37-16-7-9-20-43(37)49(34-14-5-2-6-15-34)45(41)30-46(42)50(44(38)28-33)35-25-22-32(23-26-35)36-18-11-19-40-39-17-8-10-21-47(39)51-48(36)40/h1-30H. The summed E-state index contributed by atoms with van der Waals surface area (Å²) in [6.45, 7) is 0. The first-order valence-electron chi connectivity index (χ1n) is 17.4. The van der Waals surface area contributed by atoms with Crippen LogP contribution in [-0.2, 0) is 0 Å². The minimum Gasteiger partial charge on any atom is -0.455 e. The fraction of sp³-hybridized carbons (Fsp3) is 0. The van der Waals surface area contributed by atoms with Gasteiger partial charge in [0.05, 0.1) is 22.1 Å². The fourth-order valence-corrected chi connectivity index (χ4v) is 8.19. The van der Waals surface area contributed by atoms with E-state index in [1.807, 2.05) is 12.1 Å². The van der Waals surface area contributed by atoms with Crippen LogP contribution < -0.4 is 0 Å². The predicted molar refractivity (Wildman–Crippen MR) is 213 cm³/mol. The van der Waals surface area contributed by atoms with Crippen molar-refractivity contribution >= 4 is 65.6 Å². The first-order valence-corrected chi connectivity index (χ1v) is 17.4. The van der Waals surface area contributed by atoms with Crippen LogP contribution in [-0.4, -0.2) is 9.13 Å². The van der Waals surface area contributed by atoms with Crippen LogP contribution in [0.25, 0.3) is 99.2 Å². The third kappa shape index (κ3) is 4.19. The zero-order valence-electron chi connectivity index (χ0n) is 27.6. The van der Waals surface area contributed by atoms with Gasteiger partial charge in [-0.05, 0) is 71.3 Å². The smallest absolute Gasteiger partial charge is 0.143 e. The molecule has 8 aromatic carbocycles. The zero-order chi connectivity index (χ0) is 33.5. The number of hydrogen-bond donors (Lipinski definition) is 0. The second-order valence-corrected chi connectivity index (χ2v) is 13.3. The van der Waals surface area contributed by atoms with Gasteiger partial charge in [-0.2, -0.15) is 0 Å². The van der Waals surface area contributed by atoms with E-state index in [4.69, 9.17) is 4.42 Å². The lowest BCUT2D eigenvalue weighted by atomic mass is 10.0. The van der Waals surface area contributed by atoms with Gasteiger partial charge in [0.15, 0.2) is 0 Å². The number of nitrogens with zero attached hydrogens (tertiary/aromatic N) is 2. The van der Waals surface area contributed by atoms with E-state index in [0.717, 1.165) is 44.4 Å². The summed E-state index contributed by atoms with van der Waals surface area (Å²) >= 11 is 0. The number of furan rings is 1. The molecule has 0 aliphatic carbocycles. The summed E-state index contributed by atoms with van der Waals surface area (Å²) in [7, 11) is 0. The van der Waals surface area contributed by atoms with Crippen LogP contribution in [0.3, 0.4) is 0 Å². The Morgan fingerprint density at radius 3 is 1.71 bits per heavy atom. The fourth-order valence-electron chi connectivity index (χ4n) is 8.19. The summed E-state index contributed by atoms with van der Waals surface area (Å²) in [5, 5.41) is 7.26. The first-order chi connectivity index (χ1) is 25.3. The Morgan fingerprint density at radius 1 is 0.314 bits per heavy atom. The predicted octanol–water partition coefficient (Wildman–Crippen LogP) is 13.1. The van der Waals surface area contributed by atoms with Gasteiger partial charge in [0.25, 0.3) is 0 Å². The van der Waals surface area contributed by atoms with Crippen molar-refractivity contribution in [3.8, 4) is 33.6 Å². The molecule has 0 spiro atoms. The molecule has 3 heterocycles. The average molecular weight is 651 g/mol. The van der Waals surface area contributed by atoms with Crippen molar-refractivity contribution in [3.63, 3.8) is 0 Å². The summed E-state index contributed by atoms with van der Waals surface area (Å²) in [6.07, 6.45) is 0. The normalized spacial score (nSPS) is 11.9. The molecular weight excluding hydrogens is 621 g/mol. The lowest BCUT2D eigenvalue weighted by Gasteiger charge is -2.12. The average Bonchev–Trinajstić information content (AvgIpc) is 3.85. The molecule has 0 saturated carbocycles. The summed E-state index contributed by atoms with van der Waals surface area (Å²) in [5.41, 5.74) is 13.5. The van der Waals surface area contributed by atoms with Gasteiger partial charge in [0.2, 0.25) is 0 Å². The van der Waals surface area contributed by atoms with E-state index in [9.17, 15) is 0 Å². The summed E-state index contributed by atoms with van der Waals surface area (Å²) < 4.78 is 11.3. The number of benzene rings is 8. The largest absolute Gasteiger partial charge is 0.455 e. The molecule has 0 fully saturated rings. The van der Waals surface area contributed by atoms with Gasteiger partial charge in [-0.15, -0.1) is 0 Å². The SMILES string of the molecule is c1ccc(-c2ccc3c4cc5c6ccccc6n(-c6ccccc6)c5cc4n(-c4ccc(-c5cccc6c5oc5ccccc56)cc4)c3c2)cc1. The molecule has 0 aliphatic heterocycles. The molecule has 0 unspecified atom stereocenters. The second kappa shape index (κ2) is 10.8.